The summed E-state index contributed by atoms with van der Waals surface area (Å²) in [6.07, 6.45) is 0.576. The first-order chi connectivity index (χ1) is 16.4. The number of thiophene rings is 1. The summed E-state index contributed by atoms with van der Waals surface area (Å²) in [5, 5.41) is 2.72. The van der Waals surface area contributed by atoms with Crippen LogP contribution in [0.5, 0.6) is 0 Å². The summed E-state index contributed by atoms with van der Waals surface area (Å²) in [5.41, 5.74) is 3.83. The minimum Gasteiger partial charge on any atom is -0.319 e. The van der Waals surface area contributed by atoms with E-state index in [-0.39, 0.29) is 17.5 Å². The molecule has 2 aromatic heterocycles. The Morgan fingerprint density at radius 2 is 1.88 bits per heavy atom. The van der Waals surface area contributed by atoms with Gasteiger partial charge in [-0.15, -0.1) is 11.3 Å². The molecule has 0 unspecified atom stereocenters. The van der Waals surface area contributed by atoms with E-state index < -0.39 is 5.82 Å². The predicted octanol–water partition coefficient (Wildman–Crippen LogP) is 6.48. The second kappa shape index (κ2) is 9.12. The van der Waals surface area contributed by atoms with Gasteiger partial charge in [-0.3, -0.25) is 9.59 Å². The van der Waals surface area contributed by atoms with Crippen LogP contribution in [0.4, 0.5) is 15.8 Å². The highest BCUT2D eigenvalue weighted by molar-refractivity contribution is 9.10. The number of carbonyl (C=O) groups excluding carboxylic acids is 2. The molecule has 170 valence electrons. The zero-order valence-electron chi connectivity index (χ0n) is 18.1. The number of aryl methyl sites for hydroxylation is 1. The number of hydrogen-bond acceptors (Lipinski definition) is 4. The van der Waals surface area contributed by atoms with Crippen molar-refractivity contribution < 1.29 is 14.0 Å². The number of para-hydroxylation sites is 2. The average molecular weight is 536 g/mol. The summed E-state index contributed by atoms with van der Waals surface area (Å²) < 4.78 is 14.8. The normalized spacial score (nSPS) is 12.5. The Labute approximate surface area is 208 Å². The van der Waals surface area contributed by atoms with Gasteiger partial charge in [0.2, 0.25) is 0 Å². The van der Waals surface area contributed by atoms with E-state index in [9.17, 15) is 14.0 Å². The summed E-state index contributed by atoms with van der Waals surface area (Å²) in [6.45, 7) is 2.20. The van der Waals surface area contributed by atoms with Crippen molar-refractivity contribution in [2.75, 3.05) is 16.8 Å². The van der Waals surface area contributed by atoms with Crippen LogP contribution in [0.3, 0.4) is 0 Å². The number of amides is 2. The Morgan fingerprint density at radius 3 is 2.68 bits per heavy atom. The van der Waals surface area contributed by atoms with Gasteiger partial charge in [0, 0.05) is 17.0 Å². The summed E-state index contributed by atoms with van der Waals surface area (Å²) in [6, 6.07) is 19.5. The van der Waals surface area contributed by atoms with E-state index in [0.29, 0.717) is 33.7 Å². The molecule has 2 amide bonds. The van der Waals surface area contributed by atoms with E-state index >= 15 is 0 Å². The standard InChI is InChI=1S/C26H19BrFN3O2S/c1-15-6-4-8-18(28)23(15)30-25(32)21-14-16-12-13-31(26(33)19-9-5-11-22(27)29-19)20-10-3-2-7-17(20)24(16)34-21/h2-11,14H,12-13H2,1H3,(H,30,32). The molecule has 1 N–H and O–H groups in total. The molecule has 5 rings (SSSR count). The molecule has 0 saturated heterocycles. The van der Waals surface area contributed by atoms with Gasteiger partial charge in [0.15, 0.2) is 0 Å². The maximum Gasteiger partial charge on any atom is 0.276 e. The Morgan fingerprint density at radius 1 is 1.09 bits per heavy atom. The number of halogens is 2. The molecule has 0 radical (unpaired) electrons. The van der Waals surface area contributed by atoms with E-state index in [1.54, 1.807) is 42.2 Å². The van der Waals surface area contributed by atoms with Gasteiger partial charge in [-0.05, 0) is 70.7 Å². The van der Waals surface area contributed by atoms with Gasteiger partial charge in [0.25, 0.3) is 11.8 Å². The van der Waals surface area contributed by atoms with Crippen LogP contribution in [0.25, 0.3) is 10.4 Å². The fraction of sp³-hybridized carbons (Fsp3) is 0.115. The molecule has 1 aliphatic rings. The van der Waals surface area contributed by atoms with Crippen LogP contribution in [0.15, 0.2) is 71.3 Å². The summed E-state index contributed by atoms with van der Waals surface area (Å²) in [4.78, 5) is 33.8. The Balaban J connectivity index is 1.49. The van der Waals surface area contributed by atoms with E-state index in [2.05, 4.69) is 26.2 Å². The molecule has 0 saturated carbocycles. The molecular weight excluding hydrogens is 517 g/mol. The van der Waals surface area contributed by atoms with Crippen molar-refractivity contribution in [1.29, 1.82) is 0 Å². The van der Waals surface area contributed by atoms with Crippen LogP contribution >= 0.6 is 27.3 Å². The van der Waals surface area contributed by atoms with Crippen molar-refractivity contribution >= 4 is 50.5 Å². The first-order valence-corrected chi connectivity index (χ1v) is 12.3. The van der Waals surface area contributed by atoms with Gasteiger partial charge < -0.3 is 10.2 Å². The number of anilines is 2. The summed E-state index contributed by atoms with van der Waals surface area (Å²) in [5.74, 6) is -1.00. The number of pyridine rings is 1. The van der Waals surface area contributed by atoms with Crippen molar-refractivity contribution in [2.45, 2.75) is 13.3 Å². The van der Waals surface area contributed by atoms with E-state index in [0.717, 1.165) is 21.7 Å². The lowest BCUT2D eigenvalue weighted by Crippen LogP contribution is -2.33. The largest absolute Gasteiger partial charge is 0.319 e. The SMILES string of the molecule is Cc1cccc(F)c1NC(=O)c1cc2c(s1)-c1ccccc1N(C(=O)c1cccc(Br)n1)CC2. The number of aromatic nitrogens is 1. The number of nitrogens with zero attached hydrogens (tertiary/aromatic N) is 2. The molecule has 8 heteroatoms. The molecule has 1 aliphatic heterocycles. The fourth-order valence-corrected chi connectivity index (χ4v) is 5.53. The molecule has 0 atom stereocenters. The second-order valence-electron chi connectivity index (χ2n) is 7.92. The van der Waals surface area contributed by atoms with Gasteiger partial charge in [-0.1, -0.05) is 36.4 Å². The number of hydrogen-bond donors (Lipinski definition) is 1. The molecule has 0 spiro atoms. The number of carbonyl (C=O) groups is 2. The van der Waals surface area contributed by atoms with Crippen molar-refractivity contribution in [3.63, 3.8) is 0 Å². The topological polar surface area (TPSA) is 62.3 Å². The zero-order chi connectivity index (χ0) is 23.8. The number of benzene rings is 2. The van der Waals surface area contributed by atoms with Crippen LogP contribution < -0.4 is 10.2 Å². The third-order valence-electron chi connectivity index (χ3n) is 5.72. The van der Waals surface area contributed by atoms with E-state index in [1.807, 2.05) is 30.3 Å². The maximum absolute atomic E-state index is 14.2. The first-order valence-electron chi connectivity index (χ1n) is 10.7. The molecule has 0 aliphatic carbocycles. The molecule has 0 fully saturated rings. The number of fused-ring (bicyclic) bond motifs is 3. The van der Waals surface area contributed by atoms with Crippen LogP contribution in [-0.2, 0) is 6.42 Å². The Kier molecular flexibility index (Phi) is 6.02. The lowest BCUT2D eigenvalue weighted by molar-refractivity contribution is 0.0981. The first kappa shape index (κ1) is 22.4. The van der Waals surface area contributed by atoms with Gasteiger partial charge in [0.05, 0.1) is 16.3 Å². The maximum atomic E-state index is 14.2. The monoisotopic (exact) mass is 535 g/mol. The highest BCUT2D eigenvalue weighted by Crippen LogP contribution is 2.42. The third kappa shape index (κ3) is 4.15. The van der Waals surface area contributed by atoms with Gasteiger partial charge in [-0.25, -0.2) is 9.37 Å². The molecule has 2 aromatic carbocycles. The van der Waals surface area contributed by atoms with Crippen LogP contribution in [0.2, 0.25) is 0 Å². The van der Waals surface area contributed by atoms with Gasteiger partial charge in [-0.2, -0.15) is 0 Å². The molecule has 5 nitrogen and oxygen atoms in total. The number of rotatable bonds is 3. The lowest BCUT2D eigenvalue weighted by Gasteiger charge is -2.22. The Bertz CT molecular complexity index is 1420. The smallest absolute Gasteiger partial charge is 0.276 e. The van der Waals surface area contributed by atoms with Crippen molar-refractivity contribution in [3.05, 3.63) is 98.8 Å². The number of nitrogens with one attached hydrogen (secondary N) is 1. The highest BCUT2D eigenvalue weighted by Gasteiger charge is 2.28. The van der Waals surface area contributed by atoms with Gasteiger partial charge in [0.1, 0.15) is 16.1 Å². The lowest BCUT2D eigenvalue weighted by atomic mass is 10.1. The quantitative estimate of drug-likeness (QED) is 0.305. The van der Waals surface area contributed by atoms with Crippen LogP contribution in [-0.4, -0.2) is 23.3 Å². The molecule has 4 aromatic rings. The molecule has 3 heterocycles. The molecular formula is C26H19BrFN3O2S. The summed E-state index contributed by atoms with van der Waals surface area (Å²) in [7, 11) is 0. The summed E-state index contributed by atoms with van der Waals surface area (Å²) >= 11 is 4.68. The third-order valence-corrected chi connectivity index (χ3v) is 7.37. The molecule has 0 bridgehead atoms. The molecule has 34 heavy (non-hydrogen) atoms. The van der Waals surface area contributed by atoms with Crippen LogP contribution in [0.1, 0.15) is 31.3 Å². The van der Waals surface area contributed by atoms with Crippen LogP contribution in [0, 0.1) is 12.7 Å². The zero-order valence-corrected chi connectivity index (χ0v) is 20.5. The average Bonchev–Trinajstić information content (AvgIpc) is 3.19. The minimum atomic E-state index is -0.466. The highest BCUT2D eigenvalue weighted by atomic mass is 79.9. The fourth-order valence-electron chi connectivity index (χ4n) is 4.05. The van der Waals surface area contributed by atoms with E-state index in [1.165, 1.54) is 17.4 Å². The van der Waals surface area contributed by atoms with Gasteiger partial charge >= 0.3 is 0 Å². The minimum absolute atomic E-state index is 0.183. The van der Waals surface area contributed by atoms with E-state index in [4.69, 9.17) is 0 Å². The van der Waals surface area contributed by atoms with Crippen molar-refractivity contribution in [2.24, 2.45) is 0 Å². The predicted molar refractivity (Wildman–Crippen MR) is 136 cm³/mol. The Hall–Kier alpha value is -3.36. The van der Waals surface area contributed by atoms with Crippen molar-refractivity contribution in [3.8, 4) is 10.4 Å². The second-order valence-corrected chi connectivity index (χ2v) is 9.79. The van der Waals surface area contributed by atoms with Crippen molar-refractivity contribution in [1.82, 2.24) is 4.98 Å².